The van der Waals surface area contributed by atoms with Crippen molar-refractivity contribution in [3.63, 3.8) is 0 Å². The summed E-state index contributed by atoms with van der Waals surface area (Å²) < 4.78 is 5.06. The van der Waals surface area contributed by atoms with Crippen molar-refractivity contribution in [2.24, 2.45) is 0 Å². The maximum atomic E-state index is 9.53. The molecule has 1 unspecified atom stereocenters. The van der Waals surface area contributed by atoms with E-state index >= 15 is 0 Å². The lowest BCUT2D eigenvalue weighted by Gasteiger charge is -2.03. The Bertz CT molecular complexity index is 258. The van der Waals surface area contributed by atoms with Crippen LogP contribution in [-0.4, -0.2) is 23.9 Å². The summed E-state index contributed by atoms with van der Waals surface area (Å²) >= 11 is 0. The quantitative estimate of drug-likeness (QED) is 0.734. The van der Waals surface area contributed by atoms with Crippen LogP contribution < -0.4 is 5.32 Å². The fraction of sp³-hybridized carbons (Fsp3) is 0.667. The molecule has 1 atom stereocenters. The Morgan fingerprint density at radius 3 is 2.77 bits per heavy atom. The van der Waals surface area contributed by atoms with E-state index in [1.54, 1.807) is 13.1 Å². The molecule has 0 fully saturated rings. The van der Waals surface area contributed by atoms with Gasteiger partial charge in [0.1, 0.15) is 17.6 Å². The van der Waals surface area contributed by atoms with Gasteiger partial charge in [0.25, 0.3) is 0 Å². The Morgan fingerprint density at radius 2 is 2.31 bits per heavy atom. The zero-order valence-electron chi connectivity index (χ0n) is 8.24. The number of nitrogens with one attached hydrogen (secondary N) is 1. The van der Waals surface area contributed by atoms with Gasteiger partial charge in [-0.15, -0.1) is 0 Å². The number of hydrogen-bond donors (Lipinski definition) is 2. The molecule has 4 nitrogen and oxygen atoms in total. The molecule has 4 heteroatoms. The molecule has 1 aromatic heterocycles. The fourth-order valence-electron chi connectivity index (χ4n) is 1.03. The Morgan fingerprint density at radius 1 is 1.62 bits per heavy atom. The van der Waals surface area contributed by atoms with Crippen LogP contribution in [0.1, 0.15) is 37.3 Å². The van der Waals surface area contributed by atoms with Gasteiger partial charge in [0.15, 0.2) is 0 Å². The zero-order chi connectivity index (χ0) is 9.84. The summed E-state index contributed by atoms with van der Waals surface area (Å²) in [7, 11) is 1.78. The summed E-state index contributed by atoms with van der Waals surface area (Å²) in [6, 6.07) is 1.80. The van der Waals surface area contributed by atoms with E-state index in [2.05, 4.69) is 10.5 Å². The average molecular weight is 184 g/mol. The van der Waals surface area contributed by atoms with Gasteiger partial charge < -0.3 is 14.9 Å². The second-order valence-electron chi connectivity index (χ2n) is 3.38. The van der Waals surface area contributed by atoms with Gasteiger partial charge in [0, 0.05) is 18.5 Å². The molecular weight excluding hydrogens is 168 g/mol. The molecule has 0 aliphatic carbocycles. The maximum absolute atomic E-state index is 9.53. The number of rotatable bonds is 4. The molecule has 0 bridgehead atoms. The first-order valence-corrected chi connectivity index (χ1v) is 4.44. The summed E-state index contributed by atoms with van der Waals surface area (Å²) in [5.41, 5.74) is 0.595. The first kappa shape index (κ1) is 10.2. The lowest BCUT2D eigenvalue weighted by Crippen LogP contribution is -2.16. The normalized spacial score (nSPS) is 13.6. The molecule has 2 N–H and O–H groups in total. The number of likely N-dealkylation sites (N-methyl/N-ethyl adjacent to an activating group) is 1. The van der Waals surface area contributed by atoms with Crippen LogP contribution in [0.3, 0.4) is 0 Å². The van der Waals surface area contributed by atoms with Crippen molar-refractivity contribution in [1.82, 2.24) is 10.5 Å². The Balaban J connectivity index is 2.67. The van der Waals surface area contributed by atoms with Crippen LogP contribution in [0.25, 0.3) is 0 Å². The molecule has 0 saturated carbocycles. The highest BCUT2D eigenvalue weighted by atomic mass is 16.5. The van der Waals surface area contributed by atoms with Gasteiger partial charge in [0.05, 0.1) is 0 Å². The van der Waals surface area contributed by atoms with E-state index in [0.29, 0.717) is 18.2 Å². The lowest BCUT2D eigenvalue weighted by molar-refractivity contribution is 0.167. The molecule has 1 rings (SSSR count). The van der Waals surface area contributed by atoms with E-state index in [9.17, 15) is 5.11 Å². The molecule has 0 aliphatic rings. The van der Waals surface area contributed by atoms with Crippen molar-refractivity contribution in [2.75, 3.05) is 13.6 Å². The molecule has 1 aromatic rings. The van der Waals surface area contributed by atoms with Crippen molar-refractivity contribution < 1.29 is 9.63 Å². The Kier molecular flexibility index (Phi) is 3.45. The van der Waals surface area contributed by atoms with Crippen molar-refractivity contribution in [3.05, 3.63) is 17.5 Å². The van der Waals surface area contributed by atoms with Crippen molar-refractivity contribution in [2.45, 2.75) is 25.9 Å². The van der Waals surface area contributed by atoms with Gasteiger partial charge in [0.2, 0.25) is 0 Å². The number of aliphatic hydroxyl groups excluding tert-OH is 1. The van der Waals surface area contributed by atoms with E-state index < -0.39 is 6.10 Å². The van der Waals surface area contributed by atoms with Crippen molar-refractivity contribution in [1.29, 1.82) is 0 Å². The molecule has 13 heavy (non-hydrogen) atoms. The number of nitrogens with zero attached hydrogens (tertiary/aromatic N) is 1. The third-order valence-electron chi connectivity index (χ3n) is 1.85. The molecule has 0 spiro atoms. The lowest BCUT2D eigenvalue weighted by atomic mass is 10.1. The largest absolute Gasteiger partial charge is 0.385 e. The molecule has 0 radical (unpaired) electrons. The second-order valence-corrected chi connectivity index (χ2v) is 3.38. The van der Waals surface area contributed by atoms with Crippen LogP contribution in [0.15, 0.2) is 10.6 Å². The molecule has 74 valence electrons. The highest BCUT2D eigenvalue weighted by Crippen LogP contribution is 2.18. The molecule has 0 amide bonds. The minimum absolute atomic E-state index is 0.308. The summed E-state index contributed by atoms with van der Waals surface area (Å²) in [6.45, 7) is 4.54. The number of aliphatic hydroxyl groups is 1. The van der Waals surface area contributed by atoms with Gasteiger partial charge in [-0.2, -0.15) is 0 Å². The predicted molar refractivity (Wildman–Crippen MR) is 49.5 cm³/mol. The Labute approximate surface area is 77.9 Å². The summed E-state index contributed by atoms with van der Waals surface area (Å²) in [4.78, 5) is 0. The van der Waals surface area contributed by atoms with Crippen molar-refractivity contribution in [3.8, 4) is 0 Å². The molecule has 0 aliphatic heterocycles. The van der Waals surface area contributed by atoms with Gasteiger partial charge in [-0.05, 0) is 7.05 Å². The minimum atomic E-state index is -0.582. The Hall–Kier alpha value is -0.870. The van der Waals surface area contributed by atoms with Gasteiger partial charge in [-0.25, -0.2) is 0 Å². The molecule has 0 saturated heterocycles. The number of hydrogen-bond acceptors (Lipinski definition) is 4. The van der Waals surface area contributed by atoms with Gasteiger partial charge in [-0.3, -0.25) is 0 Å². The highest BCUT2D eigenvalue weighted by molar-refractivity contribution is 5.11. The van der Waals surface area contributed by atoms with E-state index in [1.165, 1.54) is 0 Å². The highest BCUT2D eigenvalue weighted by Gasteiger charge is 2.13. The van der Waals surface area contributed by atoms with Crippen LogP contribution >= 0.6 is 0 Å². The first-order valence-electron chi connectivity index (χ1n) is 4.44. The predicted octanol–water partition coefficient (Wildman–Crippen LogP) is 1.05. The molecule has 0 aromatic carbocycles. The van der Waals surface area contributed by atoms with Crippen molar-refractivity contribution >= 4 is 0 Å². The molecular formula is C9H16N2O2. The zero-order valence-corrected chi connectivity index (χ0v) is 8.24. The topological polar surface area (TPSA) is 58.3 Å². The summed E-state index contributed by atoms with van der Waals surface area (Å²) in [6.07, 6.45) is -0.582. The van der Waals surface area contributed by atoms with Gasteiger partial charge >= 0.3 is 0 Å². The van der Waals surface area contributed by atoms with E-state index in [4.69, 9.17) is 4.52 Å². The van der Waals surface area contributed by atoms with Gasteiger partial charge in [-0.1, -0.05) is 19.0 Å². The third kappa shape index (κ3) is 2.54. The average Bonchev–Trinajstić information content (AvgIpc) is 2.52. The smallest absolute Gasteiger partial charge is 0.139 e. The standard InChI is InChI=1S/C9H16N2O2/c1-6(2)9-4-7(11-13-9)8(12)5-10-3/h4,6,8,10,12H,5H2,1-3H3. The minimum Gasteiger partial charge on any atom is -0.385 e. The molecule has 1 heterocycles. The van der Waals surface area contributed by atoms with Crippen LogP contribution in [0, 0.1) is 0 Å². The van der Waals surface area contributed by atoms with Crippen LogP contribution in [0.4, 0.5) is 0 Å². The van der Waals surface area contributed by atoms with Crippen LogP contribution in [-0.2, 0) is 0 Å². The summed E-state index contributed by atoms with van der Waals surface area (Å²) in [5.74, 6) is 1.12. The monoisotopic (exact) mass is 184 g/mol. The van der Waals surface area contributed by atoms with E-state index in [1.807, 2.05) is 13.8 Å². The first-order chi connectivity index (χ1) is 6.15. The second kappa shape index (κ2) is 4.39. The SMILES string of the molecule is CNCC(O)c1cc(C(C)C)on1. The number of aromatic nitrogens is 1. The fourth-order valence-corrected chi connectivity index (χ4v) is 1.03. The van der Waals surface area contributed by atoms with E-state index in [-0.39, 0.29) is 0 Å². The van der Waals surface area contributed by atoms with Crippen LogP contribution in [0.5, 0.6) is 0 Å². The van der Waals surface area contributed by atoms with E-state index in [0.717, 1.165) is 5.76 Å². The third-order valence-corrected chi connectivity index (χ3v) is 1.85. The maximum Gasteiger partial charge on any atom is 0.139 e. The van der Waals surface area contributed by atoms with Crippen LogP contribution in [0.2, 0.25) is 0 Å². The summed E-state index contributed by atoms with van der Waals surface area (Å²) in [5, 5.41) is 16.2.